The van der Waals surface area contributed by atoms with Crippen LogP contribution in [-0.4, -0.2) is 104 Å². The van der Waals surface area contributed by atoms with Crippen molar-refractivity contribution >= 4 is 5.78 Å². The standard InChI is InChI=1S/C17H30N2O6/c1-3-16-6-18-8-17(4-2,15(16)25)9-19(7-16)14(18)13(24)12(23)11(22)10(21)5-20/h10-14,20-24H,3-9H2,1-2H3/t10-,11+,12+,13+,14?,16?,17?/m0/s1. The number of rotatable bonds is 7. The van der Waals surface area contributed by atoms with Gasteiger partial charge in [-0.2, -0.15) is 0 Å². The number of hydrogen-bond acceptors (Lipinski definition) is 8. The first kappa shape index (κ1) is 19.2. The molecule has 0 spiro atoms. The van der Waals surface area contributed by atoms with Gasteiger partial charge in [0.25, 0.3) is 0 Å². The lowest BCUT2D eigenvalue weighted by Crippen LogP contribution is -2.81. The minimum atomic E-state index is -1.64. The zero-order chi connectivity index (χ0) is 18.6. The van der Waals surface area contributed by atoms with E-state index in [2.05, 4.69) is 0 Å². The number of carbonyl (C=O) groups excluding carboxylic acids is 1. The molecule has 4 aliphatic rings. The van der Waals surface area contributed by atoms with Crippen LogP contribution < -0.4 is 0 Å². The molecule has 0 unspecified atom stereocenters. The van der Waals surface area contributed by atoms with E-state index in [4.69, 9.17) is 5.11 Å². The van der Waals surface area contributed by atoms with Gasteiger partial charge >= 0.3 is 0 Å². The fourth-order valence-corrected chi connectivity index (χ4v) is 5.14. The molecule has 4 heterocycles. The Morgan fingerprint density at radius 1 is 0.960 bits per heavy atom. The largest absolute Gasteiger partial charge is 0.394 e. The zero-order valence-electron chi connectivity index (χ0n) is 14.9. The summed E-state index contributed by atoms with van der Waals surface area (Å²) in [5.41, 5.74) is -0.867. The van der Waals surface area contributed by atoms with Crippen molar-refractivity contribution < 1.29 is 30.3 Å². The maximum atomic E-state index is 13.1. The summed E-state index contributed by atoms with van der Waals surface area (Å²) in [6, 6.07) is 0. The van der Waals surface area contributed by atoms with Gasteiger partial charge < -0.3 is 25.5 Å². The number of nitrogens with zero attached hydrogens (tertiary/aromatic N) is 2. The summed E-state index contributed by atoms with van der Waals surface area (Å²) in [6.45, 7) is 5.47. The van der Waals surface area contributed by atoms with E-state index in [0.29, 0.717) is 32.0 Å². The Hall–Kier alpha value is -0.610. The quantitative estimate of drug-likeness (QED) is 0.346. The molecule has 0 saturated carbocycles. The van der Waals surface area contributed by atoms with E-state index in [1.807, 2.05) is 23.6 Å². The Morgan fingerprint density at radius 2 is 1.40 bits per heavy atom. The van der Waals surface area contributed by atoms with Gasteiger partial charge in [0.15, 0.2) is 0 Å². The van der Waals surface area contributed by atoms with Crippen LogP contribution in [0.25, 0.3) is 0 Å². The van der Waals surface area contributed by atoms with Crippen molar-refractivity contribution in [2.45, 2.75) is 57.3 Å². The summed E-state index contributed by atoms with van der Waals surface area (Å²) in [5, 5.41) is 49.4. The van der Waals surface area contributed by atoms with Crippen LogP contribution in [0.2, 0.25) is 0 Å². The highest BCUT2D eigenvalue weighted by atomic mass is 16.4. The van der Waals surface area contributed by atoms with E-state index in [0.717, 1.165) is 12.8 Å². The topological polar surface area (TPSA) is 125 Å². The molecule has 8 nitrogen and oxygen atoms in total. The van der Waals surface area contributed by atoms with Gasteiger partial charge in [-0.1, -0.05) is 13.8 Å². The predicted molar refractivity (Wildman–Crippen MR) is 88.5 cm³/mol. The lowest BCUT2D eigenvalue weighted by Gasteiger charge is -2.67. The second kappa shape index (κ2) is 6.53. The minimum absolute atomic E-state index is 0.321. The molecule has 0 aromatic carbocycles. The van der Waals surface area contributed by atoms with Crippen molar-refractivity contribution in [1.82, 2.24) is 9.80 Å². The van der Waals surface area contributed by atoms with E-state index in [-0.39, 0.29) is 0 Å². The van der Waals surface area contributed by atoms with Crippen LogP contribution in [0, 0.1) is 10.8 Å². The average molecular weight is 358 g/mol. The van der Waals surface area contributed by atoms with Crippen LogP contribution >= 0.6 is 0 Å². The predicted octanol–water partition coefficient (Wildman–Crippen LogP) is -2.24. The Bertz CT molecular complexity index is 487. The van der Waals surface area contributed by atoms with Crippen molar-refractivity contribution in [1.29, 1.82) is 0 Å². The molecule has 0 radical (unpaired) electrons. The van der Waals surface area contributed by atoms with E-state index in [9.17, 15) is 25.2 Å². The van der Waals surface area contributed by atoms with Gasteiger partial charge in [0, 0.05) is 26.2 Å². The van der Waals surface area contributed by atoms with Crippen molar-refractivity contribution in [3.05, 3.63) is 0 Å². The summed E-state index contributed by atoms with van der Waals surface area (Å²) < 4.78 is 0. The molecule has 25 heavy (non-hydrogen) atoms. The van der Waals surface area contributed by atoms with Gasteiger partial charge in [-0.25, -0.2) is 0 Å². The molecule has 0 amide bonds. The highest BCUT2D eigenvalue weighted by molar-refractivity contribution is 5.93. The minimum Gasteiger partial charge on any atom is -0.394 e. The maximum absolute atomic E-state index is 13.1. The second-order valence-corrected chi connectivity index (χ2v) is 8.04. The lowest BCUT2D eigenvalue weighted by atomic mass is 9.58. The van der Waals surface area contributed by atoms with Crippen LogP contribution in [0.5, 0.6) is 0 Å². The number of Topliss-reactive ketones (excluding diaryl/α,β-unsaturated/α-hetero) is 1. The number of aliphatic hydroxyl groups excluding tert-OH is 5. The Morgan fingerprint density at radius 3 is 1.76 bits per heavy atom. The van der Waals surface area contributed by atoms with Gasteiger partial charge in [0.1, 0.15) is 30.2 Å². The van der Waals surface area contributed by atoms with Gasteiger partial charge in [-0.05, 0) is 12.8 Å². The van der Waals surface area contributed by atoms with Crippen LogP contribution in [-0.2, 0) is 4.79 Å². The van der Waals surface area contributed by atoms with Crippen LogP contribution in [0.4, 0.5) is 0 Å². The fraction of sp³-hybridized carbons (Fsp3) is 0.941. The molecular formula is C17H30N2O6. The summed E-state index contributed by atoms with van der Waals surface area (Å²) in [6.07, 6.45) is -5.10. The monoisotopic (exact) mass is 358 g/mol. The van der Waals surface area contributed by atoms with E-state index < -0.39 is 48.0 Å². The number of ketones is 1. The molecule has 4 fully saturated rings. The Kier molecular flexibility index (Phi) is 5.00. The summed E-state index contributed by atoms with van der Waals surface area (Å²) >= 11 is 0. The second-order valence-electron chi connectivity index (χ2n) is 8.04. The SMILES string of the molecule is CCC12CN3CC(CC)(CN(C1)C3[C@H](O)[C@H](O)[C@H](O)[C@@H](O)CO)C2=O. The molecular weight excluding hydrogens is 328 g/mol. The lowest BCUT2D eigenvalue weighted by molar-refractivity contribution is -0.234. The number of piperidine rings is 2. The summed E-state index contributed by atoms with van der Waals surface area (Å²) in [4.78, 5) is 17.1. The van der Waals surface area contributed by atoms with E-state index >= 15 is 0 Å². The Balaban J connectivity index is 1.84. The third-order valence-electron chi connectivity index (χ3n) is 6.67. The molecule has 4 atom stereocenters. The van der Waals surface area contributed by atoms with E-state index in [1.165, 1.54) is 0 Å². The summed E-state index contributed by atoms with van der Waals surface area (Å²) in [7, 11) is 0. The van der Waals surface area contributed by atoms with Gasteiger partial charge in [0.05, 0.1) is 23.6 Å². The third-order valence-corrected chi connectivity index (χ3v) is 6.67. The Labute approximate surface area is 147 Å². The van der Waals surface area contributed by atoms with Crippen molar-refractivity contribution in [2.75, 3.05) is 32.8 Å². The average Bonchev–Trinajstić information content (AvgIpc) is 2.62. The number of hydrogen-bond donors (Lipinski definition) is 5. The normalized spacial score (nSPS) is 44.6. The van der Waals surface area contributed by atoms with Gasteiger partial charge in [-0.3, -0.25) is 14.6 Å². The van der Waals surface area contributed by atoms with Crippen molar-refractivity contribution in [2.24, 2.45) is 10.8 Å². The molecule has 0 aromatic heterocycles. The van der Waals surface area contributed by atoms with Crippen LogP contribution in [0.1, 0.15) is 26.7 Å². The summed E-state index contributed by atoms with van der Waals surface area (Å²) in [5.74, 6) is 0.321. The zero-order valence-corrected chi connectivity index (χ0v) is 14.9. The fourth-order valence-electron chi connectivity index (χ4n) is 5.14. The number of aliphatic hydroxyl groups is 5. The van der Waals surface area contributed by atoms with Gasteiger partial charge in [0.2, 0.25) is 0 Å². The smallest absolute Gasteiger partial charge is 0.150 e. The molecule has 144 valence electrons. The molecule has 0 aromatic rings. The van der Waals surface area contributed by atoms with Crippen LogP contribution in [0.3, 0.4) is 0 Å². The molecule has 4 saturated heterocycles. The highest BCUT2D eigenvalue weighted by Crippen LogP contribution is 2.51. The van der Waals surface area contributed by atoms with E-state index in [1.54, 1.807) is 0 Å². The molecule has 0 aliphatic carbocycles. The maximum Gasteiger partial charge on any atom is 0.150 e. The van der Waals surface area contributed by atoms with Crippen molar-refractivity contribution in [3.8, 4) is 0 Å². The molecule has 5 N–H and O–H groups in total. The molecule has 4 aliphatic heterocycles. The molecule has 4 rings (SSSR count). The number of carbonyl (C=O) groups is 1. The third kappa shape index (κ3) is 2.66. The highest BCUT2D eigenvalue weighted by Gasteiger charge is 2.65. The first-order valence-corrected chi connectivity index (χ1v) is 9.11. The van der Waals surface area contributed by atoms with Crippen molar-refractivity contribution in [3.63, 3.8) is 0 Å². The molecule has 8 heteroatoms. The first-order chi connectivity index (χ1) is 11.7. The first-order valence-electron chi connectivity index (χ1n) is 9.11. The molecule has 4 bridgehead atoms. The van der Waals surface area contributed by atoms with Crippen LogP contribution in [0.15, 0.2) is 0 Å². The van der Waals surface area contributed by atoms with Gasteiger partial charge in [-0.15, -0.1) is 0 Å².